The fourth-order valence-electron chi connectivity index (χ4n) is 2.70. The minimum Gasteiger partial charge on any atom is -0.309 e. The van der Waals surface area contributed by atoms with E-state index in [9.17, 15) is 0 Å². The molecule has 0 aliphatic heterocycles. The Balaban J connectivity index is 2.33. The molecule has 0 aromatic carbocycles. The molecule has 0 bridgehead atoms. The van der Waals surface area contributed by atoms with Crippen molar-refractivity contribution in [3.63, 3.8) is 0 Å². The first-order valence-corrected chi connectivity index (χ1v) is 8.49. The van der Waals surface area contributed by atoms with Crippen LogP contribution in [0, 0.1) is 0 Å². The Kier molecular flexibility index (Phi) is 8.95. The van der Waals surface area contributed by atoms with Gasteiger partial charge in [-0.25, -0.2) is 0 Å². The first kappa shape index (κ1) is 17.5. The second-order valence-electron chi connectivity index (χ2n) is 5.52. The van der Waals surface area contributed by atoms with Crippen LogP contribution >= 0.6 is 11.6 Å². The van der Waals surface area contributed by atoms with Crippen LogP contribution in [-0.2, 0) is 7.05 Å². The lowest BCUT2D eigenvalue weighted by molar-refractivity contribution is 0.451. The normalized spacial score (nSPS) is 12.8. The van der Waals surface area contributed by atoms with Crippen molar-refractivity contribution in [3.05, 3.63) is 16.9 Å². The maximum atomic E-state index is 6.25. The smallest absolute Gasteiger partial charge is 0.0833 e. The van der Waals surface area contributed by atoms with Gasteiger partial charge in [0.15, 0.2) is 0 Å². The van der Waals surface area contributed by atoms with Gasteiger partial charge in [-0.2, -0.15) is 5.10 Å². The predicted molar refractivity (Wildman–Crippen MR) is 87.2 cm³/mol. The molecular weight excluding hydrogens is 270 g/mol. The molecule has 0 spiro atoms. The SMILES string of the molecule is CCCCCCCCCC(NCC)c1c(Cl)cnn1C. The Morgan fingerprint density at radius 1 is 1.15 bits per heavy atom. The second-order valence-corrected chi connectivity index (χ2v) is 5.93. The summed E-state index contributed by atoms with van der Waals surface area (Å²) >= 11 is 6.25. The van der Waals surface area contributed by atoms with Crippen molar-refractivity contribution < 1.29 is 0 Å². The summed E-state index contributed by atoms with van der Waals surface area (Å²) in [6.45, 7) is 5.36. The van der Waals surface area contributed by atoms with Gasteiger partial charge >= 0.3 is 0 Å². The number of hydrogen-bond acceptors (Lipinski definition) is 2. The molecule has 1 aromatic rings. The third-order valence-corrected chi connectivity index (χ3v) is 4.11. The summed E-state index contributed by atoms with van der Waals surface area (Å²) < 4.78 is 1.90. The van der Waals surface area contributed by atoms with Crippen molar-refractivity contribution >= 4 is 11.6 Å². The molecule has 1 unspecified atom stereocenters. The van der Waals surface area contributed by atoms with Gasteiger partial charge in [0.25, 0.3) is 0 Å². The molecular formula is C16H30ClN3. The highest BCUT2D eigenvalue weighted by Gasteiger charge is 2.17. The average molecular weight is 300 g/mol. The molecule has 0 amide bonds. The van der Waals surface area contributed by atoms with Gasteiger partial charge < -0.3 is 5.32 Å². The van der Waals surface area contributed by atoms with Crippen LogP contribution in [0.4, 0.5) is 0 Å². The fourth-order valence-corrected chi connectivity index (χ4v) is 3.00. The van der Waals surface area contributed by atoms with Gasteiger partial charge in [-0.05, 0) is 13.0 Å². The van der Waals surface area contributed by atoms with Crippen LogP contribution in [0.5, 0.6) is 0 Å². The van der Waals surface area contributed by atoms with Crippen molar-refractivity contribution in [2.45, 2.75) is 71.3 Å². The van der Waals surface area contributed by atoms with Crippen molar-refractivity contribution in [1.82, 2.24) is 15.1 Å². The second kappa shape index (κ2) is 10.2. The van der Waals surface area contributed by atoms with Crippen LogP contribution in [0.15, 0.2) is 6.20 Å². The Labute approximate surface area is 129 Å². The van der Waals surface area contributed by atoms with Gasteiger partial charge in [0.1, 0.15) is 0 Å². The van der Waals surface area contributed by atoms with Crippen molar-refractivity contribution in [3.8, 4) is 0 Å². The standard InChI is InChI=1S/C16H30ClN3/c1-4-6-7-8-9-10-11-12-15(18-5-2)16-14(17)13-19-20(16)3/h13,15,18H,4-12H2,1-3H3. The van der Waals surface area contributed by atoms with Crippen molar-refractivity contribution in [1.29, 1.82) is 0 Å². The summed E-state index contributed by atoms with van der Waals surface area (Å²) in [5, 5.41) is 8.55. The summed E-state index contributed by atoms with van der Waals surface area (Å²) in [5.41, 5.74) is 1.12. The lowest BCUT2D eigenvalue weighted by atomic mass is 10.0. The van der Waals surface area contributed by atoms with Crippen LogP contribution in [0.3, 0.4) is 0 Å². The maximum absolute atomic E-state index is 6.25. The van der Waals surface area contributed by atoms with E-state index in [0.717, 1.165) is 23.7 Å². The molecule has 0 radical (unpaired) electrons. The van der Waals surface area contributed by atoms with Crippen LogP contribution in [0.25, 0.3) is 0 Å². The zero-order valence-electron chi connectivity index (χ0n) is 13.3. The van der Waals surface area contributed by atoms with Gasteiger partial charge in [0.2, 0.25) is 0 Å². The van der Waals surface area contributed by atoms with Gasteiger partial charge in [0.05, 0.1) is 23.0 Å². The topological polar surface area (TPSA) is 29.9 Å². The number of halogens is 1. The largest absolute Gasteiger partial charge is 0.309 e. The molecule has 1 N–H and O–H groups in total. The van der Waals surface area contributed by atoms with E-state index in [1.54, 1.807) is 6.20 Å². The van der Waals surface area contributed by atoms with Gasteiger partial charge in [-0.15, -0.1) is 0 Å². The lowest BCUT2D eigenvalue weighted by Gasteiger charge is -2.18. The molecule has 0 aliphatic carbocycles. The number of nitrogens with zero attached hydrogens (tertiary/aromatic N) is 2. The van der Waals surface area contributed by atoms with E-state index in [4.69, 9.17) is 11.6 Å². The Morgan fingerprint density at radius 3 is 2.35 bits per heavy atom. The van der Waals surface area contributed by atoms with Crippen LogP contribution in [0.2, 0.25) is 5.02 Å². The van der Waals surface area contributed by atoms with E-state index in [0.29, 0.717) is 6.04 Å². The first-order chi connectivity index (χ1) is 9.70. The molecule has 0 saturated heterocycles. The Hall–Kier alpha value is -0.540. The molecule has 1 rings (SSSR count). The summed E-state index contributed by atoms with van der Waals surface area (Å²) in [4.78, 5) is 0. The van der Waals surface area contributed by atoms with Crippen LogP contribution in [0.1, 0.15) is 76.9 Å². The highest BCUT2D eigenvalue weighted by Crippen LogP contribution is 2.26. The minimum absolute atomic E-state index is 0.329. The molecule has 0 saturated carbocycles. The third-order valence-electron chi connectivity index (χ3n) is 3.81. The Bertz CT molecular complexity index is 343. The average Bonchev–Trinajstić information content (AvgIpc) is 2.76. The summed E-state index contributed by atoms with van der Waals surface area (Å²) in [6, 6.07) is 0.329. The molecule has 1 heterocycles. The highest BCUT2D eigenvalue weighted by atomic mass is 35.5. The monoisotopic (exact) mass is 299 g/mol. The molecule has 20 heavy (non-hydrogen) atoms. The lowest BCUT2D eigenvalue weighted by Crippen LogP contribution is -2.23. The molecule has 3 nitrogen and oxygen atoms in total. The van der Waals surface area contributed by atoms with Crippen LogP contribution < -0.4 is 5.32 Å². The number of aryl methyl sites for hydroxylation is 1. The van der Waals surface area contributed by atoms with E-state index in [1.807, 2.05) is 11.7 Å². The number of hydrogen-bond donors (Lipinski definition) is 1. The van der Waals surface area contributed by atoms with E-state index < -0.39 is 0 Å². The summed E-state index contributed by atoms with van der Waals surface area (Å²) in [7, 11) is 1.97. The summed E-state index contributed by atoms with van der Waals surface area (Å²) in [5.74, 6) is 0. The zero-order valence-corrected chi connectivity index (χ0v) is 14.0. The predicted octanol–water partition coefficient (Wildman–Crippen LogP) is 4.86. The molecule has 4 heteroatoms. The molecule has 0 fully saturated rings. The van der Waals surface area contributed by atoms with E-state index >= 15 is 0 Å². The number of aromatic nitrogens is 2. The first-order valence-electron chi connectivity index (χ1n) is 8.11. The maximum Gasteiger partial charge on any atom is 0.0833 e. The molecule has 116 valence electrons. The third kappa shape index (κ3) is 5.84. The van der Waals surface area contributed by atoms with Gasteiger partial charge in [-0.1, -0.05) is 70.4 Å². The number of unbranched alkanes of at least 4 members (excludes halogenated alkanes) is 6. The molecule has 0 aliphatic rings. The van der Waals surface area contributed by atoms with Gasteiger partial charge in [0, 0.05) is 7.05 Å². The quantitative estimate of drug-likeness (QED) is 0.591. The summed E-state index contributed by atoms with van der Waals surface area (Å²) in [6.07, 6.45) is 12.3. The van der Waals surface area contributed by atoms with Crippen LogP contribution in [-0.4, -0.2) is 16.3 Å². The number of nitrogens with one attached hydrogen (secondary N) is 1. The Morgan fingerprint density at radius 2 is 1.80 bits per heavy atom. The van der Waals surface area contributed by atoms with Gasteiger partial charge in [-0.3, -0.25) is 4.68 Å². The van der Waals surface area contributed by atoms with Crippen molar-refractivity contribution in [2.24, 2.45) is 7.05 Å². The number of rotatable bonds is 11. The van der Waals surface area contributed by atoms with E-state index in [1.165, 1.54) is 44.9 Å². The highest BCUT2D eigenvalue weighted by molar-refractivity contribution is 6.31. The molecule has 1 aromatic heterocycles. The molecule has 1 atom stereocenters. The van der Waals surface area contributed by atoms with Crippen molar-refractivity contribution in [2.75, 3.05) is 6.54 Å². The van der Waals surface area contributed by atoms with E-state index in [2.05, 4.69) is 24.3 Å². The van der Waals surface area contributed by atoms with E-state index in [-0.39, 0.29) is 0 Å². The zero-order chi connectivity index (χ0) is 14.8. The minimum atomic E-state index is 0.329. The fraction of sp³-hybridized carbons (Fsp3) is 0.812.